The molecule has 1 aliphatic carbocycles. The second-order valence-electron chi connectivity index (χ2n) is 11.3. The van der Waals surface area contributed by atoms with Crippen molar-refractivity contribution in [1.29, 1.82) is 0 Å². The molecule has 0 aliphatic heterocycles. The van der Waals surface area contributed by atoms with E-state index >= 15 is 0 Å². The number of hydrogen-bond donors (Lipinski definition) is 2. The van der Waals surface area contributed by atoms with Gasteiger partial charge in [0.15, 0.2) is 5.78 Å². The summed E-state index contributed by atoms with van der Waals surface area (Å²) in [6, 6.07) is 36.4. The third kappa shape index (κ3) is 7.21. The second-order valence-corrected chi connectivity index (χ2v) is 11.3. The van der Waals surface area contributed by atoms with Crippen LogP contribution in [0.5, 0.6) is 5.75 Å². The van der Waals surface area contributed by atoms with Gasteiger partial charge in [0.25, 0.3) is 0 Å². The number of rotatable bonds is 13. The minimum Gasteiger partial charge on any atom is -0.492 e. The van der Waals surface area contributed by atoms with E-state index in [1.807, 2.05) is 71.6 Å². The van der Waals surface area contributed by atoms with Crippen LogP contribution in [0.4, 0.5) is 11.4 Å². The van der Waals surface area contributed by atoms with Crippen molar-refractivity contribution >= 4 is 39.8 Å². The number of fused-ring (bicyclic) bond motifs is 1. The number of benzene rings is 5. The van der Waals surface area contributed by atoms with Crippen molar-refractivity contribution in [2.75, 3.05) is 23.4 Å². The number of ether oxygens (including phenoxy) is 1. The molecule has 1 atom stereocenters. The Labute approximate surface area is 262 Å². The van der Waals surface area contributed by atoms with Crippen LogP contribution in [0.3, 0.4) is 0 Å². The summed E-state index contributed by atoms with van der Waals surface area (Å²) >= 11 is 0. The number of carbonyl (C=O) groups excluding carboxylic acids is 2. The topological polar surface area (TPSA) is 95.9 Å². The number of anilines is 2. The number of aliphatic carboxylic acids is 1. The van der Waals surface area contributed by atoms with Gasteiger partial charge in [0.05, 0.1) is 6.54 Å². The van der Waals surface area contributed by atoms with Gasteiger partial charge >= 0.3 is 5.97 Å². The number of hydrogen-bond acceptors (Lipinski definition) is 5. The zero-order valence-corrected chi connectivity index (χ0v) is 24.8. The fourth-order valence-corrected chi connectivity index (χ4v) is 5.41. The molecule has 0 unspecified atom stereocenters. The van der Waals surface area contributed by atoms with E-state index in [2.05, 4.69) is 11.4 Å². The fourth-order valence-electron chi connectivity index (χ4n) is 5.41. The Kier molecular flexibility index (Phi) is 8.87. The first-order valence-electron chi connectivity index (χ1n) is 15.2. The maximum absolute atomic E-state index is 13.1. The van der Waals surface area contributed by atoms with Gasteiger partial charge in [-0.2, -0.15) is 0 Å². The van der Waals surface area contributed by atoms with Crippen LogP contribution in [0.25, 0.3) is 10.8 Å². The van der Waals surface area contributed by atoms with Gasteiger partial charge < -0.3 is 20.1 Å². The van der Waals surface area contributed by atoms with Crippen LogP contribution in [-0.2, 0) is 16.0 Å². The van der Waals surface area contributed by atoms with Crippen molar-refractivity contribution in [1.82, 2.24) is 0 Å². The second kappa shape index (κ2) is 13.5. The molecule has 0 aromatic heterocycles. The Bertz CT molecular complexity index is 1820. The third-order valence-electron chi connectivity index (χ3n) is 8.02. The molecule has 45 heavy (non-hydrogen) atoms. The Morgan fingerprint density at radius 1 is 0.800 bits per heavy atom. The van der Waals surface area contributed by atoms with Gasteiger partial charge in [-0.15, -0.1) is 0 Å². The van der Waals surface area contributed by atoms with Gasteiger partial charge in [-0.1, -0.05) is 84.9 Å². The Hall–Kier alpha value is -5.43. The smallest absolute Gasteiger partial charge is 0.326 e. The first-order valence-corrected chi connectivity index (χ1v) is 15.2. The number of nitrogens with zero attached hydrogens (tertiary/aromatic N) is 1. The van der Waals surface area contributed by atoms with Crippen molar-refractivity contribution in [3.05, 3.63) is 138 Å². The Morgan fingerprint density at radius 2 is 1.49 bits per heavy atom. The predicted molar refractivity (Wildman–Crippen MR) is 176 cm³/mol. The van der Waals surface area contributed by atoms with Crippen molar-refractivity contribution in [2.45, 2.75) is 25.3 Å². The lowest BCUT2D eigenvalue weighted by molar-refractivity contribution is -0.137. The van der Waals surface area contributed by atoms with E-state index in [4.69, 9.17) is 4.74 Å². The highest BCUT2D eigenvalue weighted by Crippen LogP contribution is 2.33. The van der Waals surface area contributed by atoms with E-state index in [1.54, 1.807) is 48.5 Å². The summed E-state index contributed by atoms with van der Waals surface area (Å²) in [5, 5.41) is 15.3. The quantitative estimate of drug-likeness (QED) is 0.142. The molecule has 226 valence electrons. The van der Waals surface area contributed by atoms with Crippen LogP contribution >= 0.6 is 0 Å². The number of ketones is 1. The normalized spacial score (nSPS) is 13.2. The molecule has 6 rings (SSSR count). The van der Waals surface area contributed by atoms with Gasteiger partial charge in [-0.3, -0.25) is 9.59 Å². The van der Waals surface area contributed by atoms with Crippen LogP contribution in [0, 0.1) is 5.92 Å². The van der Waals surface area contributed by atoms with E-state index in [9.17, 15) is 19.5 Å². The van der Waals surface area contributed by atoms with Gasteiger partial charge in [0, 0.05) is 34.8 Å². The summed E-state index contributed by atoms with van der Waals surface area (Å²) in [5.74, 6) is -0.359. The van der Waals surface area contributed by atoms with Gasteiger partial charge in [0.1, 0.15) is 18.4 Å². The molecule has 1 fully saturated rings. The minimum atomic E-state index is -1.02. The lowest BCUT2D eigenvalue weighted by Crippen LogP contribution is -2.35. The average Bonchev–Trinajstić information content (AvgIpc) is 3.93. The number of para-hydroxylation sites is 1. The summed E-state index contributed by atoms with van der Waals surface area (Å²) in [5.41, 5.74) is 3.08. The molecule has 0 radical (unpaired) electrons. The molecule has 0 bridgehead atoms. The largest absolute Gasteiger partial charge is 0.492 e. The first-order chi connectivity index (χ1) is 22.0. The van der Waals surface area contributed by atoms with E-state index in [1.165, 1.54) is 0 Å². The SMILES string of the molecule is O=C(c1ccccc1)c1ccccc1N[C@@H](Cc1ccc(OCCN(C(=O)C2CC2)c2ccc3ccccc3c2)cc1)C(=O)O. The zero-order valence-electron chi connectivity index (χ0n) is 24.8. The third-order valence-corrected chi connectivity index (χ3v) is 8.02. The molecule has 1 saturated carbocycles. The number of amides is 1. The molecular formula is C38H34N2O5. The Balaban J connectivity index is 1.09. The molecule has 0 spiro atoms. The molecule has 5 aromatic carbocycles. The number of carbonyl (C=O) groups is 3. The van der Waals surface area contributed by atoms with E-state index < -0.39 is 12.0 Å². The lowest BCUT2D eigenvalue weighted by atomic mass is 10.00. The maximum Gasteiger partial charge on any atom is 0.326 e. The fraction of sp³-hybridized carbons (Fsp3) is 0.184. The molecule has 7 heteroatoms. The lowest BCUT2D eigenvalue weighted by Gasteiger charge is -2.23. The van der Waals surface area contributed by atoms with Crippen LogP contribution in [0.2, 0.25) is 0 Å². The summed E-state index contributed by atoms with van der Waals surface area (Å²) < 4.78 is 6.02. The number of carboxylic acid groups (broad SMARTS) is 1. The Morgan fingerprint density at radius 3 is 2.22 bits per heavy atom. The minimum absolute atomic E-state index is 0.0787. The number of nitrogens with one attached hydrogen (secondary N) is 1. The van der Waals surface area contributed by atoms with Crippen molar-refractivity contribution < 1.29 is 24.2 Å². The summed E-state index contributed by atoms with van der Waals surface area (Å²) in [7, 11) is 0. The van der Waals surface area contributed by atoms with Crippen LogP contribution in [0.15, 0.2) is 121 Å². The molecule has 2 N–H and O–H groups in total. The molecule has 5 aromatic rings. The molecule has 0 heterocycles. The van der Waals surface area contributed by atoms with E-state index in [0.717, 1.165) is 34.9 Å². The highest BCUT2D eigenvalue weighted by atomic mass is 16.5. The molecule has 1 aliphatic rings. The van der Waals surface area contributed by atoms with Crippen LogP contribution < -0.4 is 15.0 Å². The van der Waals surface area contributed by atoms with Gasteiger partial charge in [0.2, 0.25) is 5.91 Å². The monoisotopic (exact) mass is 598 g/mol. The standard InChI is InChI=1S/C38H34N2O5/c41-36(28-9-2-1-3-10-28)33-12-6-7-13-34(33)39-35(38(43)44)24-26-14-20-32(21-15-26)45-23-22-40(37(42)29-16-17-29)31-19-18-27-8-4-5-11-30(27)25-31/h1-15,18-21,25,29,35,39H,16-17,22-24H2,(H,43,44)/t35-/m0/s1. The van der Waals surface area contributed by atoms with E-state index in [-0.39, 0.29) is 24.0 Å². The zero-order chi connectivity index (χ0) is 31.2. The van der Waals surface area contributed by atoms with Crippen molar-refractivity contribution in [3.63, 3.8) is 0 Å². The van der Waals surface area contributed by atoms with Crippen molar-refractivity contribution in [2.24, 2.45) is 5.92 Å². The summed E-state index contributed by atoms with van der Waals surface area (Å²) in [6.07, 6.45) is 2.05. The maximum atomic E-state index is 13.1. The highest BCUT2D eigenvalue weighted by Gasteiger charge is 2.34. The number of carboxylic acids is 1. The van der Waals surface area contributed by atoms with E-state index in [0.29, 0.717) is 35.7 Å². The average molecular weight is 599 g/mol. The first kappa shape index (κ1) is 29.6. The van der Waals surface area contributed by atoms with Gasteiger partial charge in [-0.25, -0.2) is 4.79 Å². The molecule has 0 saturated heterocycles. The molecule has 1 amide bonds. The van der Waals surface area contributed by atoms with Gasteiger partial charge in [-0.05, 0) is 65.6 Å². The predicted octanol–water partition coefficient (Wildman–Crippen LogP) is 7.00. The molecule has 7 nitrogen and oxygen atoms in total. The molecular weight excluding hydrogens is 564 g/mol. The highest BCUT2D eigenvalue weighted by molar-refractivity contribution is 6.12. The summed E-state index contributed by atoms with van der Waals surface area (Å²) in [6.45, 7) is 0.734. The summed E-state index contributed by atoms with van der Waals surface area (Å²) in [4.78, 5) is 40.3. The van der Waals surface area contributed by atoms with Crippen LogP contribution in [0.1, 0.15) is 34.3 Å². The van der Waals surface area contributed by atoms with Crippen molar-refractivity contribution in [3.8, 4) is 5.75 Å². The van der Waals surface area contributed by atoms with Crippen LogP contribution in [-0.4, -0.2) is 42.0 Å².